The fourth-order valence-electron chi connectivity index (χ4n) is 6.11. The van der Waals surface area contributed by atoms with Gasteiger partial charge in [-0.25, -0.2) is 0 Å². The van der Waals surface area contributed by atoms with Gasteiger partial charge in [-0.3, -0.25) is 9.59 Å². The quantitative estimate of drug-likeness (QED) is 0.0357. The molecule has 0 saturated carbocycles. The minimum absolute atomic E-state index is 0.0122. The average molecular weight is 987 g/mol. The summed E-state index contributed by atoms with van der Waals surface area (Å²) in [5.41, 5.74) is 0. The molecule has 0 heterocycles. The molecule has 382 valence electrons. The van der Waals surface area contributed by atoms with E-state index >= 15 is 0 Å². The molecule has 0 atom stereocenters. The molecular formula is C39H55F21O4. The van der Waals surface area contributed by atoms with Crippen LogP contribution in [-0.4, -0.2) is 84.6 Å². The maximum Gasteiger partial charge on any atom is 0.460 e. The summed E-state index contributed by atoms with van der Waals surface area (Å²) in [4.78, 5) is 23.5. The summed E-state index contributed by atoms with van der Waals surface area (Å²) >= 11 is 0. The zero-order chi connectivity index (χ0) is 50.0. The Bertz CT molecular complexity index is 1350. The third kappa shape index (κ3) is 15.5. The highest BCUT2D eigenvalue weighted by molar-refractivity contribution is 5.72. The van der Waals surface area contributed by atoms with Gasteiger partial charge < -0.3 is 9.47 Å². The molecule has 0 fully saturated rings. The minimum Gasteiger partial charge on any atom is -0.466 e. The van der Waals surface area contributed by atoms with Gasteiger partial charge in [0.1, 0.15) is 0 Å². The Morgan fingerprint density at radius 2 is 0.562 bits per heavy atom. The first-order chi connectivity index (χ1) is 29.1. The summed E-state index contributed by atoms with van der Waals surface area (Å²) in [6.45, 7) is 0.0189. The molecule has 0 aromatic heterocycles. The molecule has 25 heteroatoms. The predicted molar refractivity (Wildman–Crippen MR) is 189 cm³/mol. The number of rotatable bonds is 36. The highest BCUT2D eigenvalue weighted by Gasteiger charge is 2.97. The van der Waals surface area contributed by atoms with Crippen LogP contribution in [0.15, 0.2) is 0 Å². The minimum atomic E-state index is -9.25. The van der Waals surface area contributed by atoms with E-state index in [0.717, 1.165) is 38.5 Å². The van der Waals surface area contributed by atoms with Gasteiger partial charge in [-0.15, -0.1) is 0 Å². The van der Waals surface area contributed by atoms with Crippen LogP contribution in [0.2, 0.25) is 0 Å². The van der Waals surface area contributed by atoms with Crippen molar-refractivity contribution in [2.45, 2.75) is 221 Å². The van der Waals surface area contributed by atoms with E-state index in [1.54, 1.807) is 0 Å². The Hall–Kier alpha value is -2.53. The zero-order valence-electron chi connectivity index (χ0n) is 35.0. The average Bonchev–Trinajstić information content (AvgIpc) is 3.17. The lowest BCUT2D eigenvalue weighted by atomic mass is 9.86. The van der Waals surface area contributed by atoms with Gasteiger partial charge >= 0.3 is 71.4 Å². The number of carbonyl (C=O) groups is 2. The van der Waals surface area contributed by atoms with Crippen LogP contribution in [-0.2, 0) is 19.1 Å². The van der Waals surface area contributed by atoms with Crippen LogP contribution in [0.25, 0.3) is 0 Å². The summed E-state index contributed by atoms with van der Waals surface area (Å²) in [6, 6.07) is 0. The predicted octanol–water partition coefficient (Wildman–Crippen LogP) is 15.7. The van der Waals surface area contributed by atoms with Crippen molar-refractivity contribution in [3.8, 4) is 0 Å². The molecule has 0 aliphatic carbocycles. The van der Waals surface area contributed by atoms with Crippen molar-refractivity contribution in [2.24, 2.45) is 0 Å². The molecule has 4 nitrogen and oxygen atoms in total. The van der Waals surface area contributed by atoms with E-state index < -0.39 is 104 Å². The first-order valence-corrected chi connectivity index (χ1v) is 20.9. The van der Waals surface area contributed by atoms with Gasteiger partial charge in [0.05, 0.1) is 19.6 Å². The van der Waals surface area contributed by atoms with E-state index in [-0.39, 0.29) is 6.61 Å². The summed E-state index contributed by atoms with van der Waals surface area (Å²) in [7, 11) is 0. The van der Waals surface area contributed by atoms with Crippen molar-refractivity contribution in [1.29, 1.82) is 0 Å². The molecule has 0 radical (unpaired) electrons. The van der Waals surface area contributed by atoms with E-state index in [1.165, 1.54) is 83.5 Å². The Morgan fingerprint density at radius 1 is 0.312 bits per heavy atom. The van der Waals surface area contributed by atoms with E-state index in [2.05, 4.69) is 11.7 Å². The van der Waals surface area contributed by atoms with Gasteiger partial charge in [0.25, 0.3) is 0 Å². The second kappa shape index (κ2) is 25.6. The van der Waals surface area contributed by atoms with Crippen molar-refractivity contribution in [1.82, 2.24) is 0 Å². The summed E-state index contributed by atoms with van der Waals surface area (Å²) < 4.78 is 293. The van der Waals surface area contributed by atoms with Gasteiger partial charge in [0.15, 0.2) is 0 Å². The molecule has 0 aromatic rings. The summed E-state index contributed by atoms with van der Waals surface area (Å²) in [5.74, 6) is -80.3. The Morgan fingerprint density at radius 3 is 0.859 bits per heavy atom. The molecule has 0 aromatic carbocycles. The fraction of sp³-hybridized carbons (Fsp3) is 0.949. The zero-order valence-corrected chi connectivity index (χ0v) is 35.0. The third-order valence-corrected chi connectivity index (χ3v) is 10.3. The van der Waals surface area contributed by atoms with Gasteiger partial charge in [0, 0.05) is 12.8 Å². The smallest absolute Gasteiger partial charge is 0.460 e. The third-order valence-electron chi connectivity index (χ3n) is 10.3. The maximum absolute atomic E-state index is 14.1. The van der Waals surface area contributed by atoms with E-state index in [1.807, 2.05) is 0 Å². The van der Waals surface area contributed by atoms with Crippen LogP contribution in [0.5, 0.6) is 0 Å². The first-order valence-electron chi connectivity index (χ1n) is 20.9. The molecule has 0 rings (SSSR count). The second-order valence-electron chi connectivity index (χ2n) is 15.6. The standard InChI is InChI=1S/C39H55F21O4/c1-2-3-4-5-6-7-8-9-10-11-12-13-14-15-16-17-18-19-20-21-26-63-28(61)23-22-24-29(62)64-27-25-30(40,41)31(42,43)32(44,45)33(46,47)34(48,49)35(50,51)36(52,53)37(54,55)38(56,57)39(58,59)60/h2-27H2,1H3. The van der Waals surface area contributed by atoms with Gasteiger partial charge in [-0.2, -0.15) is 92.2 Å². The molecule has 0 bridgehead atoms. The Kier molecular flexibility index (Phi) is 24.6. The van der Waals surface area contributed by atoms with Crippen LogP contribution in [0.1, 0.15) is 161 Å². The maximum atomic E-state index is 14.1. The number of ether oxygens (including phenoxy) is 2. The lowest BCUT2D eigenvalue weighted by molar-refractivity contribution is -0.474. The van der Waals surface area contributed by atoms with Crippen LogP contribution in [0.3, 0.4) is 0 Å². The van der Waals surface area contributed by atoms with Crippen molar-refractivity contribution in [2.75, 3.05) is 13.2 Å². The van der Waals surface area contributed by atoms with Crippen molar-refractivity contribution in [3.05, 3.63) is 0 Å². The molecule has 0 N–H and O–H groups in total. The lowest BCUT2D eigenvalue weighted by Gasteiger charge is -2.44. The molecule has 0 unspecified atom stereocenters. The first kappa shape index (κ1) is 61.5. The van der Waals surface area contributed by atoms with Crippen molar-refractivity contribution >= 4 is 11.9 Å². The number of halogens is 21. The van der Waals surface area contributed by atoms with Gasteiger partial charge in [-0.1, -0.05) is 129 Å². The van der Waals surface area contributed by atoms with Crippen LogP contribution in [0.4, 0.5) is 92.2 Å². The Labute approximate surface area is 357 Å². The molecule has 0 spiro atoms. The summed E-state index contributed by atoms with van der Waals surface area (Å²) in [5, 5.41) is 0. The number of carbonyl (C=O) groups excluding carboxylic acids is 2. The van der Waals surface area contributed by atoms with E-state index in [9.17, 15) is 102 Å². The molecular weight excluding hydrogens is 931 g/mol. The number of esters is 2. The summed E-state index contributed by atoms with van der Waals surface area (Å²) in [6.07, 6.45) is 9.97. The van der Waals surface area contributed by atoms with Crippen LogP contribution >= 0.6 is 0 Å². The normalized spacial score (nSPS) is 14.3. The SMILES string of the molecule is CCCCCCCCCCCCCCCCCCCCCCOC(=O)CCCC(=O)OCCC(F)(F)C(F)(F)C(F)(F)C(F)(F)C(F)(F)C(F)(F)C(F)(F)C(F)(F)C(F)(F)C(F)(F)F. The lowest BCUT2D eigenvalue weighted by Crippen LogP contribution is -2.76. The molecule has 0 aliphatic rings. The highest BCUT2D eigenvalue weighted by atomic mass is 19.4. The van der Waals surface area contributed by atoms with E-state index in [4.69, 9.17) is 4.74 Å². The van der Waals surface area contributed by atoms with Gasteiger partial charge in [0.2, 0.25) is 0 Å². The molecule has 0 saturated heterocycles. The molecule has 0 amide bonds. The van der Waals surface area contributed by atoms with Crippen LogP contribution < -0.4 is 0 Å². The van der Waals surface area contributed by atoms with Crippen molar-refractivity contribution in [3.63, 3.8) is 0 Å². The second-order valence-corrected chi connectivity index (χ2v) is 15.6. The molecule has 0 aliphatic heterocycles. The monoisotopic (exact) mass is 986 g/mol. The number of alkyl halides is 21. The highest BCUT2D eigenvalue weighted by Crippen LogP contribution is 2.66. The molecule has 64 heavy (non-hydrogen) atoms. The fourth-order valence-corrected chi connectivity index (χ4v) is 6.11. The van der Waals surface area contributed by atoms with Crippen LogP contribution in [0, 0.1) is 0 Å². The number of unbranched alkanes of at least 4 members (excludes halogenated alkanes) is 19. The van der Waals surface area contributed by atoms with E-state index in [0.29, 0.717) is 6.42 Å². The number of hydrogen-bond donors (Lipinski definition) is 0. The largest absolute Gasteiger partial charge is 0.466 e. The topological polar surface area (TPSA) is 52.6 Å². The van der Waals surface area contributed by atoms with Crippen molar-refractivity contribution < 1.29 is 111 Å². The Balaban J connectivity index is 4.69. The van der Waals surface area contributed by atoms with Gasteiger partial charge in [-0.05, 0) is 12.8 Å². The number of hydrogen-bond acceptors (Lipinski definition) is 4.